The summed E-state index contributed by atoms with van der Waals surface area (Å²) in [4.78, 5) is 27.6. The number of benzene rings is 2. The van der Waals surface area contributed by atoms with Gasteiger partial charge in [-0.2, -0.15) is 0 Å². The van der Waals surface area contributed by atoms with Crippen LogP contribution in [0, 0.1) is 12.7 Å². The Morgan fingerprint density at radius 1 is 1.19 bits per heavy atom. The van der Waals surface area contributed by atoms with Gasteiger partial charge in [-0.25, -0.2) is 4.39 Å². The van der Waals surface area contributed by atoms with Gasteiger partial charge in [0.05, 0.1) is 23.6 Å². The third kappa shape index (κ3) is 2.73. The molecule has 0 fully saturated rings. The van der Waals surface area contributed by atoms with Gasteiger partial charge < -0.3 is 14.1 Å². The molecule has 1 amide bonds. The number of halogens is 1. The number of methoxy groups -OCH3 is 1. The van der Waals surface area contributed by atoms with Gasteiger partial charge in [0.1, 0.15) is 11.4 Å². The van der Waals surface area contributed by atoms with E-state index in [0.717, 1.165) is 5.56 Å². The Labute approximate surface area is 155 Å². The molecule has 3 aromatic rings. The molecule has 138 valence electrons. The first kappa shape index (κ1) is 17.4. The van der Waals surface area contributed by atoms with Crippen molar-refractivity contribution in [3.05, 3.63) is 81.0 Å². The lowest BCUT2D eigenvalue weighted by Gasteiger charge is -2.25. The molecule has 0 saturated carbocycles. The van der Waals surface area contributed by atoms with Crippen molar-refractivity contribution < 1.29 is 18.3 Å². The van der Waals surface area contributed by atoms with E-state index in [1.807, 2.05) is 13.0 Å². The summed E-state index contributed by atoms with van der Waals surface area (Å²) in [5, 5.41) is 0.386. The van der Waals surface area contributed by atoms with Crippen LogP contribution in [0.2, 0.25) is 0 Å². The normalized spacial score (nSPS) is 16.2. The lowest BCUT2D eigenvalue weighted by atomic mass is 9.98. The van der Waals surface area contributed by atoms with Crippen molar-refractivity contribution in [2.75, 3.05) is 20.3 Å². The summed E-state index contributed by atoms with van der Waals surface area (Å²) in [6.07, 6.45) is 0. The Balaban J connectivity index is 2.00. The van der Waals surface area contributed by atoms with Crippen LogP contribution in [0.5, 0.6) is 0 Å². The van der Waals surface area contributed by atoms with Crippen LogP contribution in [0.3, 0.4) is 0 Å². The molecular weight excluding hydrogens is 349 g/mol. The predicted octanol–water partition coefficient (Wildman–Crippen LogP) is 3.43. The molecule has 6 heteroatoms. The molecule has 0 bridgehead atoms. The van der Waals surface area contributed by atoms with Crippen LogP contribution in [0.4, 0.5) is 4.39 Å². The minimum absolute atomic E-state index is 0.0271. The van der Waals surface area contributed by atoms with Crippen LogP contribution in [-0.4, -0.2) is 31.1 Å². The second-order valence-electron chi connectivity index (χ2n) is 6.59. The maximum atomic E-state index is 14.6. The number of amides is 1. The second kappa shape index (κ2) is 6.63. The Morgan fingerprint density at radius 2 is 1.96 bits per heavy atom. The van der Waals surface area contributed by atoms with E-state index in [0.29, 0.717) is 11.0 Å². The predicted molar refractivity (Wildman–Crippen MR) is 98.4 cm³/mol. The smallest absolute Gasteiger partial charge is 0.290 e. The van der Waals surface area contributed by atoms with Gasteiger partial charge in [-0.05, 0) is 25.1 Å². The fourth-order valence-electron chi connectivity index (χ4n) is 3.57. The lowest BCUT2D eigenvalue weighted by Crippen LogP contribution is -2.33. The average molecular weight is 367 g/mol. The van der Waals surface area contributed by atoms with Crippen molar-refractivity contribution >= 4 is 16.9 Å². The number of hydrogen-bond acceptors (Lipinski definition) is 4. The number of carbonyl (C=O) groups excluding carboxylic acids is 1. The summed E-state index contributed by atoms with van der Waals surface area (Å²) in [6.45, 7) is 2.35. The number of aryl methyl sites for hydroxylation is 1. The molecule has 1 aromatic heterocycles. The number of rotatable bonds is 4. The summed E-state index contributed by atoms with van der Waals surface area (Å²) in [6, 6.07) is 10.5. The van der Waals surface area contributed by atoms with E-state index in [4.69, 9.17) is 9.15 Å². The third-order valence-electron chi connectivity index (χ3n) is 4.86. The molecule has 2 heterocycles. The average Bonchev–Trinajstić information content (AvgIpc) is 2.93. The third-order valence-corrected chi connectivity index (χ3v) is 4.86. The molecule has 1 atom stereocenters. The van der Waals surface area contributed by atoms with Crippen LogP contribution in [0.15, 0.2) is 51.7 Å². The quantitative estimate of drug-likeness (QED) is 0.709. The van der Waals surface area contributed by atoms with Gasteiger partial charge in [0.25, 0.3) is 5.91 Å². The molecule has 1 aliphatic heterocycles. The zero-order chi connectivity index (χ0) is 19.1. The fraction of sp³-hybridized carbons (Fsp3) is 0.238. The highest BCUT2D eigenvalue weighted by atomic mass is 19.1. The zero-order valence-electron chi connectivity index (χ0n) is 15.0. The molecule has 1 aliphatic rings. The number of hydrogen-bond donors (Lipinski definition) is 0. The van der Waals surface area contributed by atoms with Crippen LogP contribution in [0.25, 0.3) is 11.0 Å². The Bertz CT molecular complexity index is 1110. The monoisotopic (exact) mass is 367 g/mol. The molecule has 0 spiro atoms. The molecule has 1 unspecified atom stereocenters. The Morgan fingerprint density at radius 3 is 2.70 bits per heavy atom. The number of fused-ring (bicyclic) bond motifs is 2. The first-order valence-electron chi connectivity index (χ1n) is 8.64. The summed E-state index contributed by atoms with van der Waals surface area (Å²) in [5.41, 5.74) is 1.38. The molecule has 0 aliphatic carbocycles. The number of nitrogens with zero attached hydrogens (tertiary/aromatic N) is 1. The van der Waals surface area contributed by atoms with Crippen molar-refractivity contribution in [1.29, 1.82) is 0 Å². The highest BCUT2D eigenvalue weighted by Crippen LogP contribution is 2.38. The van der Waals surface area contributed by atoms with Gasteiger partial charge in [-0.1, -0.05) is 29.8 Å². The minimum atomic E-state index is -0.843. The maximum absolute atomic E-state index is 14.6. The van der Waals surface area contributed by atoms with E-state index in [1.54, 1.807) is 30.3 Å². The lowest BCUT2D eigenvalue weighted by molar-refractivity contribution is 0.0661. The van der Waals surface area contributed by atoms with Gasteiger partial charge in [0.2, 0.25) is 5.76 Å². The summed E-state index contributed by atoms with van der Waals surface area (Å²) >= 11 is 0. The van der Waals surface area contributed by atoms with E-state index in [9.17, 15) is 14.0 Å². The van der Waals surface area contributed by atoms with Crippen LogP contribution >= 0.6 is 0 Å². The van der Waals surface area contributed by atoms with Crippen LogP contribution in [-0.2, 0) is 4.74 Å². The molecule has 27 heavy (non-hydrogen) atoms. The molecule has 4 rings (SSSR count). The van der Waals surface area contributed by atoms with Crippen molar-refractivity contribution in [3.63, 3.8) is 0 Å². The molecule has 0 saturated heterocycles. The standard InChI is InChI=1S/C21H18FNO4/c1-12-7-8-16-14(11-12)19(24)17-18(13-5-3-4-6-15(13)22)23(9-10-26-2)21(25)20(17)27-16/h3-8,11,18H,9-10H2,1-2H3. The van der Waals surface area contributed by atoms with E-state index in [2.05, 4.69) is 0 Å². The first-order valence-corrected chi connectivity index (χ1v) is 8.64. The van der Waals surface area contributed by atoms with Crippen molar-refractivity contribution in [2.45, 2.75) is 13.0 Å². The number of carbonyl (C=O) groups is 1. The highest BCUT2D eigenvalue weighted by Gasteiger charge is 2.43. The van der Waals surface area contributed by atoms with Gasteiger partial charge >= 0.3 is 0 Å². The maximum Gasteiger partial charge on any atom is 0.290 e. The molecule has 0 N–H and O–H groups in total. The Kier molecular flexibility index (Phi) is 4.28. The number of ether oxygens (including phenoxy) is 1. The fourth-order valence-corrected chi connectivity index (χ4v) is 3.57. The van der Waals surface area contributed by atoms with E-state index in [-0.39, 0.29) is 35.5 Å². The van der Waals surface area contributed by atoms with Crippen LogP contribution < -0.4 is 5.43 Å². The van der Waals surface area contributed by atoms with Crippen LogP contribution in [0.1, 0.15) is 33.3 Å². The SMILES string of the molecule is COCCN1C(=O)c2oc3ccc(C)cc3c(=O)c2C1c1ccccc1F. The summed E-state index contributed by atoms with van der Waals surface area (Å²) in [7, 11) is 1.52. The first-order chi connectivity index (χ1) is 13.0. The van der Waals surface area contributed by atoms with Gasteiger partial charge in [-0.3, -0.25) is 9.59 Å². The summed E-state index contributed by atoms with van der Waals surface area (Å²) in [5.74, 6) is -0.940. The summed E-state index contributed by atoms with van der Waals surface area (Å²) < 4.78 is 25.5. The van der Waals surface area contributed by atoms with Gasteiger partial charge in [0.15, 0.2) is 5.43 Å². The van der Waals surface area contributed by atoms with Gasteiger partial charge in [0, 0.05) is 19.2 Å². The van der Waals surface area contributed by atoms with Crippen molar-refractivity contribution in [1.82, 2.24) is 4.90 Å². The molecule has 5 nitrogen and oxygen atoms in total. The minimum Gasteiger partial charge on any atom is -0.450 e. The van der Waals surface area contributed by atoms with Crippen molar-refractivity contribution in [2.24, 2.45) is 0 Å². The molecule has 2 aromatic carbocycles. The van der Waals surface area contributed by atoms with E-state index >= 15 is 0 Å². The molecular formula is C21H18FNO4. The highest BCUT2D eigenvalue weighted by molar-refractivity contribution is 5.99. The zero-order valence-corrected chi connectivity index (χ0v) is 15.0. The van der Waals surface area contributed by atoms with Gasteiger partial charge in [-0.15, -0.1) is 0 Å². The largest absolute Gasteiger partial charge is 0.450 e. The second-order valence-corrected chi connectivity index (χ2v) is 6.59. The Hall–Kier alpha value is -2.99. The van der Waals surface area contributed by atoms with E-state index < -0.39 is 17.8 Å². The van der Waals surface area contributed by atoms with E-state index in [1.165, 1.54) is 18.1 Å². The topological polar surface area (TPSA) is 59.8 Å². The molecule has 0 radical (unpaired) electrons. The van der Waals surface area contributed by atoms with Crippen molar-refractivity contribution in [3.8, 4) is 0 Å².